The molecular formula is C21H29N7O2. The van der Waals surface area contributed by atoms with E-state index in [1.165, 1.54) is 19.3 Å². The van der Waals surface area contributed by atoms with Crippen molar-refractivity contribution in [1.82, 2.24) is 29.8 Å². The molecule has 2 fully saturated rings. The molecular weight excluding hydrogens is 382 g/mol. The molecule has 0 aromatic carbocycles. The van der Waals surface area contributed by atoms with Gasteiger partial charge in [-0.3, -0.25) is 0 Å². The van der Waals surface area contributed by atoms with Crippen molar-refractivity contribution in [1.29, 1.82) is 0 Å². The van der Waals surface area contributed by atoms with Crippen LogP contribution in [0.4, 0.5) is 5.82 Å². The van der Waals surface area contributed by atoms with Crippen LogP contribution in [0.25, 0.3) is 22.4 Å². The highest BCUT2D eigenvalue weighted by molar-refractivity contribution is 5.86. The standard InChI is InChI=1S/C17H20N6O.C4H9NO/c1-23-10-18-9-14(23)12-7-8-13-15(20-12)16(22-17(24)21-13)19-11-5-3-2-4-6-11;1-3-6-4-2-5-1/h7-11H,2-6H2,1H3,(H2,19,21,22,24);5H,1-4H2. The summed E-state index contributed by atoms with van der Waals surface area (Å²) in [5, 5.41) is 6.60. The summed E-state index contributed by atoms with van der Waals surface area (Å²) in [5.74, 6) is 0.574. The molecule has 3 aromatic rings. The number of aromatic nitrogens is 5. The molecule has 3 N–H and O–H groups in total. The van der Waals surface area contributed by atoms with Crippen molar-refractivity contribution in [3.8, 4) is 11.4 Å². The van der Waals surface area contributed by atoms with Gasteiger partial charge in [0.1, 0.15) is 5.52 Å². The molecule has 9 nitrogen and oxygen atoms in total. The van der Waals surface area contributed by atoms with E-state index < -0.39 is 0 Å². The lowest BCUT2D eigenvalue weighted by Crippen LogP contribution is -2.30. The van der Waals surface area contributed by atoms with Crippen molar-refractivity contribution in [3.63, 3.8) is 0 Å². The number of rotatable bonds is 3. The lowest BCUT2D eigenvalue weighted by Gasteiger charge is -2.23. The summed E-state index contributed by atoms with van der Waals surface area (Å²) in [7, 11) is 1.93. The van der Waals surface area contributed by atoms with Crippen LogP contribution < -0.4 is 16.3 Å². The van der Waals surface area contributed by atoms with Gasteiger partial charge in [-0.15, -0.1) is 0 Å². The average molecular weight is 412 g/mol. The number of anilines is 1. The molecule has 0 unspecified atom stereocenters. The van der Waals surface area contributed by atoms with Crippen LogP contribution in [0.5, 0.6) is 0 Å². The molecule has 0 spiro atoms. The van der Waals surface area contributed by atoms with Crippen molar-refractivity contribution >= 4 is 16.9 Å². The summed E-state index contributed by atoms with van der Waals surface area (Å²) >= 11 is 0. The predicted molar refractivity (Wildman–Crippen MR) is 117 cm³/mol. The van der Waals surface area contributed by atoms with Crippen LogP contribution >= 0.6 is 0 Å². The number of morpholine rings is 1. The van der Waals surface area contributed by atoms with Gasteiger partial charge in [0.15, 0.2) is 5.82 Å². The van der Waals surface area contributed by atoms with E-state index in [9.17, 15) is 4.79 Å². The van der Waals surface area contributed by atoms with Gasteiger partial charge in [0, 0.05) is 26.2 Å². The minimum atomic E-state index is -0.351. The van der Waals surface area contributed by atoms with Crippen molar-refractivity contribution in [2.45, 2.75) is 38.1 Å². The second kappa shape index (κ2) is 9.82. The first kappa shape index (κ1) is 20.5. The number of nitrogens with zero attached hydrogens (tertiary/aromatic N) is 4. The Kier molecular flexibility index (Phi) is 6.70. The fourth-order valence-corrected chi connectivity index (χ4v) is 3.84. The molecule has 3 aromatic heterocycles. The quantitative estimate of drug-likeness (QED) is 0.605. The van der Waals surface area contributed by atoms with Gasteiger partial charge in [-0.05, 0) is 25.0 Å². The van der Waals surface area contributed by atoms with E-state index in [2.05, 4.69) is 25.6 Å². The molecule has 5 rings (SSSR count). The molecule has 160 valence electrons. The third-order valence-electron chi connectivity index (χ3n) is 5.45. The molecule has 1 saturated carbocycles. The molecule has 4 heterocycles. The lowest BCUT2D eigenvalue weighted by atomic mass is 9.95. The summed E-state index contributed by atoms with van der Waals surface area (Å²) in [6.07, 6.45) is 9.45. The number of aromatic amines is 1. The van der Waals surface area contributed by atoms with Crippen LogP contribution in [0, 0.1) is 0 Å². The number of hydrogen-bond acceptors (Lipinski definition) is 7. The first-order chi connectivity index (χ1) is 14.7. The smallest absolute Gasteiger partial charge is 0.347 e. The van der Waals surface area contributed by atoms with Gasteiger partial charge < -0.3 is 24.9 Å². The maximum atomic E-state index is 11.9. The Bertz CT molecular complexity index is 1010. The number of nitrogens with one attached hydrogen (secondary N) is 3. The summed E-state index contributed by atoms with van der Waals surface area (Å²) in [5.41, 5.74) is 2.77. The zero-order chi connectivity index (χ0) is 20.8. The maximum absolute atomic E-state index is 11.9. The van der Waals surface area contributed by atoms with Crippen LogP contribution in [-0.2, 0) is 11.8 Å². The van der Waals surface area contributed by atoms with Crippen molar-refractivity contribution in [2.75, 3.05) is 31.6 Å². The molecule has 1 aliphatic heterocycles. The Hall–Kier alpha value is -2.78. The first-order valence-electron chi connectivity index (χ1n) is 10.6. The molecule has 0 amide bonds. The molecule has 9 heteroatoms. The van der Waals surface area contributed by atoms with Gasteiger partial charge >= 0.3 is 5.69 Å². The largest absolute Gasteiger partial charge is 0.379 e. The van der Waals surface area contributed by atoms with E-state index in [1.807, 2.05) is 23.7 Å². The predicted octanol–water partition coefficient (Wildman–Crippen LogP) is 2.07. The number of fused-ring (bicyclic) bond motifs is 1. The summed E-state index contributed by atoms with van der Waals surface area (Å²) in [6, 6.07) is 4.12. The normalized spacial score (nSPS) is 17.4. The van der Waals surface area contributed by atoms with Crippen LogP contribution in [0.1, 0.15) is 32.1 Å². The van der Waals surface area contributed by atoms with Crippen LogP contribution in [0.15, 0.2) is 29.5 Å². The summed E-state index contributed by atoms with van der Waals surface area (Å²) in [6.45, 7) is 3.83. The first-order valence-corrected chi connectivity index (χ1v) is 10.6. The van der Waals surface area contributed by atoms with E-state index in [4.69, 9.17) is 9.72 Å². The minimum absolute atomic E-state index is 0.351. The highest BCUT2D eigenvalue weighted by Gasteiger charge is 2.17. The summed E-state index contributed by atoms with van der Waals surface area (Å²) < 4.78 is 6.93. The van der Waals surface area contributed by atoms with Crippen LogP contribution in [0.2, 0.25) is 0 Å². The van der Waals surface area contributed by atoms with Crippen LogP contribution in [0.3, 0.4) is 0 Å². The monoisotopic (exact) mass is 411 g/mol. The Labute approximate surface area is 175 Å². The van der Waals surface area contributed by atoms with E-state index in [0.717, 1.165) is 50.5 Å². The van der Waals surface area contributed by atoms with Gasteiger partial charge in [0.25, 0.3) is 0 Å². The number of hydrogen-bond donors (Lipinski definition) is 3. The fourth-order valence-electron chi connectivity index (χ4n) is 3.84. The van der Waals surface area contributed by atoms with E-state index >= 15 is 0 Å². The molecule has 0 bridgehead atoms. The third-order valence-corrected chi connectivity index (χ3v) is 5.45. The molecule has 1 saturated heterocycles. The molecule has 0 radical (unpaired) electrons. The zero-order valence-corrected chi connectivity index (χ0v) is 17.4. The van der Waals surface area contributed by atoms with E-state index in [0.29, 0.717) is 22.9 Å². The number of pyridine rings is 1. The topological polar surface area (TPSA) is 110 Å². The van der Waals surface area contributed by atoms with Gasteiger partial charge in [-0.25, -0.2) is 14.8 Å². The van der Waals surface area contributed by atoms with Crippen molar-refractivity contribution < 1.29 is 4.74 Å². The number of H-pyrrole nitrogens is 1. The van der Waals surface area contributed by atoms with Gasteiger partial charge in [-0.2, -0.15) is 4.98 Å². The third kappa shape index (κ3) is 5.03. The molecule has 30 heavy (non-hydrogen) atoms. The minimum Gasteiger partial charge on any atom is -0.379 e. The Morgan fingerprint density at radius 1 is 1.13 bits per heavy atom. The Balaban J connectivity index is 0.000000313. The number of aryl methyl sites for hydroxylation is 1. The number of ether oxygens (including phenoxy) is 1. The zero-order valence-electron chi connectivity index (χ0n) is 17.4. The van der Waals surface area contributed by atoms with Crippen molar-refractivity contribution in [2.24, 2.45) is 7.05 Å². The number of imidazole rings is 1. The maximum Gasteiger partial charge on any atom is 0.347 e. The van der Waals surface area contributed by atoms with Gasteiger partial charge in [-0.1, -0.05) is 19.3 Å². The highest BCUT2D eigenvalue weighted by Crippen LogP contribution is 2.25. The van der Waals surface area contributed by atoms with Gasteiger partial charge in [0.2, 0.25) is 0 Å². The Morgan fingerprint density at radius 2 is 1.93 bits per heavy atom. The SMILES string of the molecule is C1COCCN1.Cn1cncc1-c1ccc2[nH]c(=O)nc(NC3CCCCC3)c2n1. The summed E-state index contributed by atoms with van der Waals surface area (Å²) in [4.78, 5) is 27.6. The van der Waals surface area contributed by atoms with E-state index in [1.54, 1.807) is 12.5 Å². The lowest BCUT2D eigenvalue weighted by molar-refractivity contribution is 0.109. The second-order valence-electron chi connectivity index (χ2n) is 7.71. The van der Waals surface area contributed by atoms with Crippen molar-refractivity contribution in [3.05, 3.63) is 35.1 Å². The Morgan fingerprint density at radius 3 is 2.57 bits per heavy atom. The average Bonchev–Trinajstić information content (AvgIpc) is 3.22. The second-order valence-corrected chi connectivity index (χ2v) is 7.71. The molecule has 0 atom stereocenters. The molecule has 1 aliphatic carbocycles. The highest BCUT2D eigenvalue weighted by atomic mass is 16.5. The van der Waals surface area contributed by atoms with Crippen LogP contribution in [-0.4, -0.2) is 56.8 Å². The fraction of sp³-hybridized carbons (Fsp3) is 0.524. The van der Waals surface area contributed by atoms with E-state index in [-0.39, 0.29) is 5.69 Å². The molecule has 2 aliphatic rings. The van der Waals surface area contributed by atoms with Gasteiger partial charge in [0.05, 0.1) is 42.6 Å².